The fourth-order valence-corrected chi connectivity index (χ4v) is 2.23. The third-order valence-corrected chi connectivity index (χ3v) is 3.33. The lowest BCUT2D eigenvalue weighted by atomic mass is 10.1. The Balaban J connectivity index is 2.50. The Bertz CT molecular complexity index is 712. The highest BCUT2D eigenvalue weighted by Gasteiger charge is 2.30. The van der Waals surface area contributed by atoms with E-state index in [-0.39, 0.29) is 16.2 Å². The zero-order valence-electron chi connectivity index (χ0n) is 11.2. The molecule has 0 fully saturated rings. The number of hydrogen-bond acceptors (Lipinski definition) is 3. The number of aromatic nitrogens is 2. The lowest BCUT2D eigenvalue weighted by Crippen LogP contribution is -2.24. The van der Waals surface area contributed by atoms with E-state index in [1.54, 1.807) is 7.05 Å². The number of halogens is 4. The molecule has 0 saturated carbocycles. The summed E-state index contributed by atoms with van der Waals surface area (Å²) in [5, 5.41) is 2.95. The van der Waals surface area contributed by atoms with Gasteiger partial charge >= 0.3 is 6.18 Å². The second-order valence-electron chi connectivity index (χ2n) is 4.52. The van der Waals surface area contributed by atoms with Crippen LogP contribution in [-0.2, 0) is 12.7 Å². The van der Waals surface area contributed by atoms with Crippen molar-refractivity contribution < 1.29 is 13.2 Å². The third kappa shape index (κ3) is 3.36. The van der Waals surface area contributed by atoms with Crippen LogP contribution < -0.4 is 10.9 Å². The topological polar surface area (TPSA) is 46.9 Å². The Morgan fingerprint density at radius 1 is 1.38 bits per heavy atom. The summed E-state index contributed by atoms with van der Waals surface area (Å²) in [5.41, 5.74) is -1.34. The minimum absolute atomic E-state index is 0.0512. The number of hydrogen-bond donors (Lipinski definition) is 1. The van der Waals surface area contributed by atoms with Crippen molar-refractivity contribution in [3.05, 3.63) is 39.4 Å². The van der Waals surface area contributed by atoms with E-state index in [4.69, 9.17) is 11.6 Å². The molecule has 114 valence electrons. The van der Waals surface area contributed by atoms with Gasteiger partial charge in [0.1, 0.15) is 0 Å². The van der Waals surface area contributed by atoms with E-state index in [0.29, 0.717) is 19.5 Å². The predicted octanol–water partition coefficient (Wildman–Crippen LogP) is 2.68. The first-order valence-electron chi connectivity index (χ1n) is 6.26. The Hall–Kier alpha value is -1.60. The number of rotatable bonds is 4. The summed E-state index contributed by atoms with van der Waals surface area (Å²) >= 11 is 5.90. The first-order chi connectivity index (χ1) is 9.84. The molecule has 0 bridgehead atoms. The normalized spacial score (nSPS) is 12.0. The van der Waals surface area contributed by atoms with Gasteiger partial charge in [0.05, 0.1) is 16.5 Å². The minimum Gasteiger partial charge on any atom is -0.320 e. The number of nitrogens with zero attached hydrogens (tertiary/aromatic N) is 2. The molecule has 2 aromatic rings. The molecule has 0 atom stereocenters. The molecule has 1 N–H and O–H groups in total. The molecular formula is C13H13ClF3N3O. The summed E-state index contributed by atoms with van der Waals surface area (Å²) in [6.07, 6.45) is -3.83. The highest BCUT2D eigenvalue weighted by atomic mass is 35.5. The third-order valence-electron chi connectivity index (χ3n) is 3.04. The number of fused-ring (bicyclic) bond motifs is 1. The first-order valence-corrected chi connectivity index (χ1v) is 6.64. The van der Waals surface area contributed by atoms with Crippen LogP contribution in [0.3, 0.4) is 0 Å². The molecule has 21 heavy (non-hydrogen) atoms. The van der Waals surface area contributed by atoms with Crippen molar-refractivity contribution in [2.75, 3.05) is 13.6 Å². The van der Waals surface area contributed by atoms with Gasteiger partial charge in [-0.15, -0.1) is 0 Å². The van der Waals surface area contributed by atoms with E-state index in [1.807, 2.05) is 0 Å². The van der Waals surface area contributed by atoms with E-state index in [0.717, 1.165) is 18.2 Å². The van der Waals surface area contributed by atoms with Crippen LogP contribution in [0.2, 0.25) is 5.28 Å². The van der Waals surface area contributed by atoms with Gasteiger partial charge in [-0.1, -0.05) is 0 Å². The molecule has 1 aromatic carbocycles. The van der Waals surface area contributed by atoms with Gasteiger partial charge in [0.15, 0.2) is 0 Å². The summed E-state index contributed by atoms with van der Waals surface area (Å²) in [5.74, 6) is 0. The number of alkyl halides is 3. The van der Waals surface area contributed by atoms with Crippen LogP contribution in [-0.4, -0.2) is 23.1 Å². The summed E-state index contributed by atoms with van der Waals surface area (Å²) < 4.78 is 39.2. The van der Waals surface area contributed by atoms with E-state index in [2.05, 4.69) is 10.3 Å². The van der Waals surface area contributed by atoms with Crippen molar-refractivity contribution in [2.24, 2.45) is 0 Å². The second-order valence-corrected chi connectivity index (χ2v) is 4.86. The monoisotopic (exact) mass is 319 g/mol. The van der Waals surface area contributed by atoms with Crippen molar-refractivity contribution in [2.45, 2.75) is 19.1 Å². The quantitative estimate of drug-likeness (QED) is 0.696. The van der Waals surface area contributed by atoms with Crippen LogP contribution in [0, 0.1) is 0 Å². The molecule has 8 heteroatoms. The molecule has 0 aliphatic heterocycles. The fraction of sp³-hybridized carbons (Fsp3) is 0.385. The maximum absolute atomic E-state index is 12.7. The molecule has 0 saturated heterocycles. The van der Waals surface area contributed by atoms with E-state index in [1.165, 1.54) is 4.57 Å². The van der Waals surface area contributed by atoms with Crippen molar-refractivity contribution in [3.8, 4) is 0 Å². The second kappa shape index (κ2) is 6.03. The van der Waals surface area contributed by atoms with E-state index < -0.39 is 17.3 Å². The Morgan fingerprint density at radius 2 is 2.10 bits per heavy atom. The van der Waals surface area contributed by atoms with Crippen LogP contribution in [0.25, 0.3) is 10.9 Å². The van der Waals surface area contributed by atoms with Gasteiger partial charge in [0.25, 0.3) is 5.56 Å². The van der Waals surface area contributed by atoms with Crippen molar-refractivity contribution in [1.82, 2.24) is 14.9 Å². The van der Waals surface area contributed by atoms with Crippen LogP contribution in [0.15, 0.2) is 23.0 Å². The number of nitrogens with one attached hydrogen (secondary N) is 1. The smallest absolute Gasteiger partial charge is 0.320 e. The van der Waals surface area contributed by atoms with Gasteiger partial charge in [-0.25, -0.2) is 4.98 Å². The Kier molecular flexibility index (Phi) is 4.53. The summed E-state index contributed by atoms with van der Waals surface area (Å²) in [6.45, 7) is 1.04. The lowest BCUT2D eigenvalue weighted by molar-refractivity contribution is -0.137. The average Bonchev–Trinajstić information content (AvgIpc) is 2.41. The van der Waals surface area contributed by atoms with Gasteiger partial charge in [-0.05, 0) is 49.8 Å². The van der Waals surface area contributed by atoms with E-state index in [9.17, 15) is 18.0 Å². The molecule has 0 aliphatic carbocycles. The Labute approximate surface area is 123 Å². The summed E-state index contributed by atoms with van der Waals surface area (Å²) in [6, 6.07) is 2.84. The molecular weight excluding hydrogens is 307 g/mol. The zero-order valence-corrected chi connectivity index (χ0v) is 11.9. The molecule has 2 rings (SSSR count). The van der Waals surface area contributed by atoms with Gasteiger partial charge in [-0.2, -0.15) is 13.2 Å². The SMILES string of the molecule is CNCCCn1c(Cl)nc2cc(C(F)(F)F)ccc2c1=O. The van der Waals surface area contributed by atoms with Crippen LogP contribution >= 0.6 is 11.6 Å². The molecule has 0 amide bonds. The maximum atomic E-state index is 12.7. The van der Waals surface area contributed by atoms with Crippen molar-refractivity contribution in [3.63, 3.8) is 0 Å². The van der Waals surface area contributed by atoms with Crippen molar-refractivity contribution >= 4 is 22.5 Å². The Morgan fingerprint density at radius 3 is 2.71 bits per heavy atom. The standard InChI is InChI=1S/C13H13ClF3N3O/c1-18-5-2-6-20-11(21)9-4-3-8(13(15,16)17)7-10(9)19-12(20)14/h3-4,7,18H,2,5-6H2,1H3. The maximum Gasteiger partial charge on any atom is 0.416 e. The molecule has 1 heterocycles. The highest BCUT2D eigenvalue weighted by Crippen LogP contribution is 2.30. The molecule has 0 radical (unpaired) electrons. The minimum atomic E-state index is -4.48. The first kappa shape index (κ1) is 15.8. The number of benzene rings is 1. The fourth-order valence-electron chi connectivity index (χ4n) is 1.98. The van der Waals surface area contributed by atoms with Crippen molar-refractivity contribution in [1.29, 1.82) is 0 Å². The molecule has 0 aliphatic rings. The molecule has 0 spiro atoms. The zero-order chi connectivity index (χ0) is 15.6. The summed E-state index contributed by atoms with van der Waals surface area (Å²) in [4.78, 5) is 16.1. The van der Waals surface area contributed by atoms with E-state index >= 15 is 0 Å². The van der Waals surface area contributed by atoms with Gasteiger partial charge in [0.2, 0.25) is 5.28 Å². The largest absolute Gasteiger partial charge is 0.416 e. The lowest BCUT2D eigenvalue weighted by Gasteiger charge is -2.11. The molecule has 1 aromatic heterocycles. The highest BCUT2D eigenvalue weighted by molar-refractivity contribution is 6.28. The summed E-state index contributed by atoms with van der Waals surface area (Å²) in [7, 11) is 1.78. The van der Waals surface area contributed by atoms with Gasteiger partial charge in [0, 0.05) is 6.54 Å². The molecule has 4 nitrogen and oxygen atoms in total. The van der Waals surface area contributed by atoms with Crippen LogP contribution in [0.4, 0.5) is 13.2 Å². The van der Waals surface area contributed by atoms with Crippen LogP contribution in [0.1, 0.15) is 12.0 Å². The molecule has 0 unspecified atom stereocenters. The van der Waals surface area contributed by atoms with Gasteiger partial charge in [-0.3, -0.25) is 9.36 Å². The predicted molar refractivity (Wildman–Crippen MR) is 74.6 cm³/mol. The van der Waals surface area contributed by atoms with Gasteiger partial charge < -0.3 is 5.32 Å². The van der Waals surface area contributed by atoms with Crippen LogP contribution in [0.5, 0.6) is 0 Å². The average molecular weight is 320 g/mol.